The van der Waals surface area contributed by atoms with Gasteiger partial charge in [0.05, 0.1) is 18.4 Å². The zero-order valence-electron chi connectivity index (χ0n) is 7.45. The van der Waals surface area contributed by atoms with Crippen LogP contribution in [0.4, 0.5) is 0 Å². The van der Waals surface area contributed by atoms with Crippen LogP contribution in [-0.4, -0.2) is 12.4 Å². The van der Waals surface area contributed by atoms with E-state index in [4.69, 9.17) is 9.15 Å². The molecule has 0 atom stereocenters. The first-order chi connectivity index (χ1) is 6.84. The van der Waals surface area contributed by atoms with Gasteiger partial charge in [-0.15, -0.1) is 0 Å². The summed E-state index contributed by atoms with van der Waals surface area (Å²) in [5.74, 6) is 0.790. The van der Waals surface area contributed by atoms with Crippen molar-refractivity contribution in [1.29, 1.82) is 0 Å². The van der Waals surface area contributed by atoms with Crippen molar-refractivity contribution in [1.82, 2.24) is 0 Å². The molecule has 3 rings (SSSR count). The monoisotopic (exact) mass is 188 g/mol. The second kappa shape index (κ2) is 2.61. The Morgan fingerprint density at radius 3 is 3.14 bits per heavy atom. The molecule has 3 heteroatoms. The lowest BCUT2D eigenvalue weighted by molar-refractivity contribution is 0.0934. The Hall–Kier alpha value is -1.77. The number of hydrogen-bond acceptors (Lipinski definition) is 3. The molecule has 0 unspecified atom stereocenters. The van der Waals surface area contributed by atoms with Gasteiger partial charge in [-0.3, -0.25) is 4.79 Å². The van der Waals surface area contributed by atoms with Gasteiger partial charge in [0.15, 0.2) is 5.78 Å². The molecule has 1 aromatic carbocycles. The summed E-state index contributed by atoms with van der Waals surface area (Å²) in [6.07, 6.45) is 2.08. The third-order valence-electron chi connectivity index (χ3n) is 2.44. The van der Waals surface area contributed by atoms with Crippen molar-refractivity contribution < 1.29 is 13.9 Å². The van der Waals surface area contributed by atoms with Gasteiger partial charge in [0.2, 0.25) is 0 Å². The van der Waals surface area contributed by atoms with E-state index in [1.54, 1.807) is 12.3 Å². The van der Waals surface area contributed by atoms with Crippen LogP contribution in [0.1, 0.15) is 16.8 Å². The van der Waals surface area contributed by atoms with Crippen molar-refractivity contribution in [2.75, 3.05) is 6.61 Å². The zero-order valence-corrected chi connectivity index (χ0v) is 7.45. The van der Waals surface area contributed by atoms with Crippen molar-refractivity contribution in [2.45, 2.75) is 6.42 Å². The van der Waals surface area contributed by atoms with Gasteiger partial charge >= 0.3 is 0 Å². The maximum Gasteiger partial charge on any atom is 0.170 e. The molecule has 14 heavy (non-hydrogen) atoms. The van der Waals surface area contributed by atoms with Crippen LogP contribution in [-0.2, 0) is 0 Å². The number of fused-ring (bicyclic) bond motifs is 2. The van der Waals surface area contributed by atoms with E-state index in [9.17, 15) is 4.79 Å². The lowest BCUT2D eigenvalue weighted by atomic mass is 10.0. The van der Waals surface area contributed by atoms with Gasteiger partial charge in [0, 0.05) is 17.9 Å². The smallest absolute Gasteiger partial charge is 0.170 e. The van der Waals surface area contributed by atoms with Gasteiger partial charge in [-0.25, -0.2) is 0 Å². The number of Topliss-reactive ketones (excluding diaryl/α,β-unsaturated/α-hetero) is 1. The van der Waals surface area contributed by atoms with Crippen LogP contribution in [0.3, 0.4) is 0 Å². The SMILES string of the molecule is O=C1CCOc2cc3occc3cc21. The van der Waals surface area contributed by atoms with Crippen LogP contribution in [0.25, 0.3) is 11.0 Å². The second-order valence-electron chi connectivity index (χ2n) is 3.33. The molecule has 0 bridgehead atoms. The van der Waals surface area contributed by atoms with E-state index in [0.29, 0.717) is 24.3 Å². The summed E-state index contributed by atoms with van der Waals surface area (Å²) in [5.41, 5.74) is 1.43. The standard InChI is InChI=1S/C11H8O3/c12-9-2-4-14-11-6-10-7(1-3-13-10)5-8(9)11/h1,3,5-6H,2,4H2. The van der Waals surface area contributed by atoms with Crippen molar-refractivity contribution >= 4 is 16.8 Å². The van der Waals surface area contributed by atoms with E-state index in [0.717, 1.165) is 11.0 Å². The third-order valence-corrected chi connectivity index (χ3v) is 2.44. The molecule has 3 nitrogen and oxygen atoms in total. The van der Waals surface area contributed by atoms with Gasteiger partial charge in [0.1, 0.15) is 11.3 Å². The van der Waals surface area contributed by atoms with Crippen LogP contribution in [0, 0.1) is 0 Å². The first-order valence-electron chi connectivity index (χ1n) is 4.52. The highest BCUT2D eigenvalue weighted by atomic mass is 16.5. The molecule has 1 aliphatic rings. The summed E-state index contributed by atoms with van der Waals surface area (Å²) in [5, 5.41) is 0.947. The van der Waals surface area contributed by atoms with Gasteiger partial charge < -0.3 is 9.15 Å². The summed E-state index contributed by atoms with van der Waals surface area (Å²) in [6.45, 7) is 0.470. The third kappa shape index (κ3) is 0.954. The Morgan fingerprint density at radius 1 is 1.29 bits per heavy atom. The van der Waals surface area contributed by atoms with Gasteiger partial charge in [-0.2, -0.15) is 0 Å². The number of rotatable bonds is 0. The van der Waals surface area contributed by atoms with Crippen molar-refractivity contribution in [2.24, 2.45) is 0 Å². The minimum absolute atomic E-state index is 0.148. The molecule has 0 spiro atoms. The quantitative estimate of drug-likeness (QED) is 0.637. The molecule has 0 fully saturated rings. The number of hydrogen-bond donors (Lipinski definition) is 0. The molecule has 0 aliphatic carbocycles. The number of ketones is 1. The number of furan rings is 1. The number of benzene rings is 1. The van der Waals surface area contributed by atoms with Crippen molar-refractivity contribution in [3.8, 4) is 5.75 Å². The minimum Gasteiger partial charge on any atom is -0.492 e. The van der Waals surface area contributed by atoms with Crippen LogP contribution in [0.15, 0.2) is 28.9 Å². The molecule has 0 saturated heterocycles. The largest absolute Gasteiger partial charge is 0.492 e. The molecule has 0 saturated carbocycles. The first-order valence-corrected chi connectivity index (χ1v) is 4.52. The predicted molar refractivity (Wildman–Crippen MR) is 50.7 cm³/mol. The number of carbonyl (C=O) groups is 1. The first kappa shape index (κ1) is 7.62. The fourth-order valence-corrected chi connectivity index (χ4v) is 1.72. The summed E-state index contributed by atoms with van der Waals surface area (Å²) in [4.78, 5) is 11.5. The summed E-state index contributed by atoms with van der Waals surface area (Å²) in [7, 11) is 0. The average Bonchev–Trinajstić information content (AvgIpc) is 2.62. The van der Waals surface area contributed by atoms with Crippen LogP contribution in [0.2, 0.25) is 0 Å². The highest BCUT2D eigenvalue weighted by molar-refractivity contribution is 6.02. The van der Waals surface area contributed by atoms with Crippen molar-refractivity contribution in [3.63, 3.8) is 0 Å². The van der Waals surface area contributed by atoms with E-state index in [-0.39, 0.29) is 5.78 Å². The Labute approximate surface area is 80.3 Å². The van der Waals surface area contributed by atoms with Crippen LogP contribution >= 0.6 is 0 Å². The molecule has 2 aromatic rings. The molecular formula is C11H8O3. The van der Waals surface area contributed by atoms with Gasteiger partial charge in [-0.1, -0.05) is 0 Å². The molecule has 70 valence electrons. The second-order valence-corrected chi connectivity index (χ2v) is 3.33. The maximum absolute atomic E-state index is 11.5. The predicted octanol–water partition coefficient (Wildman–Crippen LogP) is 2.40. The summed E-state index contributed by atoms with van der Waals surface area (Å²) in [6, 6.07) is 5.45. The maximum atomic E-state index is 11.5. The molecule has 1 aromatic heterocycles. The molecule has 0 radical (unpaired) electrons. The Kier molecular flexibility index (Phi) is 1.42. The summed E-state index contributed by atoms with van der Waals surface area (Å²) < 4.78 is 10.6. The van der Waals surface area contributed by atoms with Gasteiger partial charge in [-0.05, 0) is 12.1 Å². The lowest BCUT2D eigenvalue weighted by Gasteiger charge is -2.15. The Morgan fingerprint density at radius 2 is 2.21 bits per heavy atom. The van der Waals surface area contributed by atoms with Crippen molar-refractivity contribution in [3.05, 3.63) is 30.0 Å². The summed E-state index contributed by atoms with van der Waals surface area (Å²) >= 11 is 0. The zero-order chi connectivity index (χ0) is 9.54. The number of carbonyl (C=O) groups excluding carboxylic acids is 1. The lowest BCUT2D eigenvalue weighted by Crippen LogP contribution is -2.14. The highest BCUT2D eigenvalue weighted by Gasteiger charge is 2.19. The Bertz CT molecular complexity index is 510. The van der Waals surface area contributed by atoms with E-state index >= 15 is 0 Å². The molecule has 2 heterocycles. The fraction of sp³-hybridized carbons (Fsp3) is 0.182. The molecular weight excluding hydrogens is 180 g/mol. The minimum atomic E-state index is 0.148. The average molecular weight is 188 g/mol. The van der Waals surface area contributed by atoms with Crippen LogP contribution in [0.5, 0.6) is 5.75 Å². The van der Waals surface area contributed by atoms with E-state index in [1.807, 2.05) is 12.1 Å². The molecule has 1 aliphatic heterocycles. The van der Waals surface area contributed by atoms with Crippen LogP contribution < -0.4 is 4.74 Å². The normalized spacial score (nSPS) is 15.3. The van der Waals surface area contributed by atoms with Gasteiger partial charge in [0.25, 0.3) is 0 Å². The highest BCUT2D eigenvalue weighted by Crippen LogP contribution is 2.30. The van der Waals surface area contributed by atoms with E-state index in [2.05, 4.69) is 0 Å². The Balaban J connectivity index is 2.32. The molecule has 0 amide bonds. The topological polar surface area (TPSA) is 39.4 Å². The molecule has 0 N–H and O–H groups in total. The number of ether oxygens (including phenoxy) is 1. The fourth-order valence-electron chi connectivity index (χ4n) is 1.72. The van der Waals surface area contributed by atoms with E-state index in [1.165, 1.54) is 0 Å². The van der Waals surface area contributed by atoms with E-state index < -0.39 is 0 Å².